The fourth-order valence-electron chi connectivity index (χ4n) is 1.65. The van der Waals surface area contributed by atoms with Crippen molar-refractivity contribution in [3.63, 3.8) is 0 Å². The van der Waals surface area contributed by atoms with Crippen LogP contribution in [0, 0.1) is 6.92 Å². The van der Waals surface area contributed by atoms with Crippen molar-refractivity contribution < 1.29 is 4.74 Å². The number of aryl methyl sites for hydroxylation is 1. The zero-order chi connectivity index (χ0) is 13.0. The topological polar surface area (TPSA) is 48.1 Å². The van der Waals surface area contributed by atoms with Crippen molar-refractivity contribution >= 4 is 11.8 Å². The van der Waals surface area contributed by atoms with E-state index in [1.54, 1.807) is 18.0 Å². The molecule has 1 aromatic heterocycles. The maximum atomic E-state index is 5.86. The van der Waals surface area contributed by atoms with E-state index in [2.05, 4.69) is 4.98 Å². The van der Waals surface area contributed by atoms with Crippen LogP contribution in [0.25, 0.3) is 0 Å². The Morgan fingerprint density at radius 2 is 2.11 bits per heavy atom. The molecule has 2 rings (SSSR count). The molecule has 0 amide bonds. The van der Waals surface area contributed by atoms with Crippen LogP contribution in [-0.2, 0) is 6.54 Å². The van der Waals surface area contributed by atoms with Crippen molar-refractivity contribution in [1.29, 1.82) is 0 Å². The lowest BCUT2D eigenvalue weighted by molar-refractivity contribution is 0.448. The summed E-state index contributed by atoms with van der Waals surface area (Å²) in [5.74, 6) is 1.47. The Kier molecular flexibility index (Phi) is 4.23. The zero-order valence-electron chi connectivity index (χ0n) is 10.5. The van der Waals surface area contributed by atoms with E-state index in [1.807, 2.05) is 43.5 Å². The molecule has 0 aliphatic rings. The van der Waals surface area contributed by atoms with Gasteiger partial charge in [0.05, 0.1) is 0 Å². The van der Waals surface area contributed by atoms with Crippen molar-refractivity contribution in [2.75, 3.05) is 6.26 Å². The Morgan fingerprint density at radius 3 is 2.78 bits per heavy atom. The van der Waals surface area contributed by atoms with E-state index >= 15 is 0 Å². The number of nitrogens with zero attached hydrogens (tertiary/aromatic N) is 1. The molecule has 0 aliphatic heterocycles. The number of ether oxygens (including phenoxy) is 1. The zero-order valence-corrected chi connectivity index (χ0v) is 11.3. The first-order valence-corrected chi connectivity index (χ1v) is 6.93. The Bertz CT molecular complexity index is 543. The summed E-state index contributed by atoms with van der Waals surface area (Å²) in [5.41, 5.74) is 7.59. The van der Waals surface area contributed by atoms with Gasteiger partial charge in [0.15, 0.2) is 0 Å². The highest BCUT2D eigenvalue weighted by Gasteiger charge is 2.07. The molecule has 18 heavy (non-hydrogen) atoms. The molecule has 0 fully saturated rings. The van der Waals surface area contributed by atoms with Crippen LogP contribution in [0.3, 0.4) is 0 Å². The molecule has 4 heteroatoms. The fourth-order valence-corrected chi connectivity index (χ4v) is 2.17. The number of hydrogen-bond acceptors (Lipinski definition) is 4. The average molecular weight is 260 g/mol. The van der Waals surface area contributed by atoms with Crippen LogP contribution in [0.4, 0.5) is 0 Å². The summed E-state index contributed by atoms with van der Waals surface area (Å²) in [7, 11) is 0. The molecule has 3 nitrogen and oxygen atoms in total. The minimum atomic E-state index is 0.496. The van der Waals surface area contributed by atoms with Crippen LogP contribution < -0.4 is 10.5 Å². The standard InChI is InChI=1S/C14H16N2OS/c1-10-7-11(8-15)9-16-14(10)17-12-5-3-4-6-13(12)18-2/h3-7,9H,8,15H2,1-2H3. The van der Waals surface area contributed by atoms with Crippen LogP contribution >= 0.6 is 11.8 Å². The summed E-state index contributed by atoms with van der Waals surface area (Å²) in [6.07, 6.45) is 3.78. The van der Waals surface area contributed by atoms with Crippen LogP contribution in [0.5, 0.6) is 11.6 Å². The van der Waals surface area contributed by atoms with Gasteiger partial charge >= 0.3 is 0 Å². The van der Waals surface area contributed by atoms with Crippen molar-refractivity contribution in [2.45, 2.75) is 18.4 Å². The summed E-state index contributed by atoms with van der Waals surface area (Å²) in [5, 5.41) is 0. The second-order valence-electron chi connectivity index (χ2n) is 3.92. The predicted molar refractivity (Wildman–Crippen MR) is 75.2 cm³/mol. The van der Waals surface area contributed by atoms with Gasteiger partial charge in [-0.1, -0.05) is 12.1 Å². The van der Waals surface area contributed by atoms with Gasteiger partial charge in [0, 0.05) is 23.2 Å². The summed E-state index contributed by atoms with van der Waals surface area (Å²) in [4.78, 5) is 5.41. The molecule has 0 unspecified atom stereocenters. The number of pyridine rings is 1. The molecule has 0 aliphatic carbocycles. The maximum absolute atomic E-state index is 5.86. The quantitative estimate of drug-likeness (QED) is 0.856. The minimum absolute atomic E-state index is 0.496. The van der Waals surface area contributed by atoms with Gasteiger partial charge in [0.25, 0.3) is 0 Å². The van der Waals surface area contributed by atoms with Gasteiger partial charge in [-0.25, -0.2) is 4.98 Å². The molecule has 2 N–H and O–H groups in total. The second kappa shape index (κ2) is 5.89. The minimum Gasteiger partial charge on any atom is -0.438 e. The van der Waals surface area contributed by atoms with Crippen LogP contribution in [-0.4, -0.2) is 11.2 Å². The fraction of sp³-hybridized carbons (Fsp3) is 0.214. The molecule has 0 spiro atoms. The van der Waals surface area contributed by atoms with Gasteiger partial charge in [-0.2, -0.15) is 0 Å². The Balaban J connectivity index is 2.28. The number of benzene rings is 1. The van der Waals surface area contributed by atoms with Crippen LogP contribution in [0.2, 0.25) is 0 Å². The predicted octanol–water partition coefficient (Wildman–Crippen LogP) is 3.36. The van der Waals surface area contributed by atoms with Gasteiger partial charge in [0.2, 0.25) is 5.88 Å². The lowest BCUT2D eigenvalue weighted by atomic mass is 10.2. The smallest absolute Gasteiger partial charge is 0.222 e. The van der Waals surface area contributed by atoms with Gasteiger partial charge < -0.3 is 10.5 Å². The monoisotopic (exact) mass is 260 g/mol. The number of nitrogens with two attached hydrogens (primary N) is 1. The molecule has 1 heterocycles. The lowest BCUT2D eigenvalue weighted by Crippen LogP contribution is -1.99. The molecule has 0 bridgehead atoms. The molecule has 0 saturated heterocycles. The summed E-state index contributed by atoms with van der Waals surface area (Å²) >= 11 is 1.66. The van der Waals surface area contributed by atoms with Gasteiger partial charge in [-0.05, 0) is 36.9 Å². The van der Waals surface area contributed by atoms with Crippen molar-refractivity contribution in [3.8, 4) is 11.6 Å². The summed E-state index contributed by atoms with van der Waals surface area (Å²) < 4.78 is 5.86. The number of rotatable bonds is 4. The highest BCUT2D eigenvalue weighted by molar-refractivity contribution is 7.98. The Hall–Kier alpha value is -1.52. The summed E-state index contributed by atoms with van der Waals surface area (Å²) in [6.45, 7) is 2.47. The normalized spacial score (nSPS) is 10.4. The van der Waals surface area contributed by atoms with Crippen LogP contribution in [0.1, 0.15) is 11.1 Å². The van der Waals surface area contributed by atoms with Crippen molar-refractivity contribution in [1.82, 2.24) is 4.98 Å². The Morgan fingerprint density at radius 1 is 1.33 bits per heavy atom. The first kappa shape index (κ1) is 12.9. The second-order valence-corrected chi connectivity index (χ2v) is 4.77. The number of aromatic nitrogens is 1. The van der Waals surface area contributed by atoms with E-state index in [-0.39, 0.29) is 0 Å². The molecule has 0 radical (unpaired) electrons. The lowest BCUT2D eigenvalue weighted by Gasteiger charge is -2.11. The van der Waals surface area contributed by atoms with E-state index in [0.29, 0.717) is 12.4 Å². The first-order valence-electron chi connectivity index (χ1n) is 5.71. The molecular formula is C14H16N2OS. The van der Waals surface area contributed by atoms with E-state index < -0.39 is 0 Å². The number of thioether (sulfide) groups is 1. The van der Waals surface area contributed by atoms with E-state index in [1.165, 1.54) is 0 Å². The van der Waals surface area contributed by atoms with Gasteiger partial charge in [-0.3, -0.25) is 0 Å². The first-order chi connectivity index (χ1) is 8.74. The number of para-hydroxylation sites is 1. The third kappa shape index (κ3) is 2.83. The Labute approximate surface area is 111 Å². The van der Waals surface area contributed by atoms with Gasteiger partial charge in [0.1, 0.15) is 5.75 Å². The average Bonchev–Trinajstić information content (AvgIpc) is 2.41. The number of hydrogen-bond donors (Lipinski definition) is 1. The highest BCUT2D eigenvalue weighted by atomic mass is 32.2. The third-order valence-corrected chi connectivity index (χ3v) is 3.38. The maximum Gasteiger partial charge on any atom is 0.222 e. The van der Waals surface area contributed by atoms with Crippen molar-refractivity contribution in [2.24, 2.45) is 5.73 Å². The molecule has 94 valence electrons. The van der Waals surface area contributed by atoms with Crippen LogP contribution in [0.15, 0.2) is 41.4 Å². The van der Waals surface area contributed by atoms with E-state index in [0.717, 1.165) is 21.8 Å². The van der Waals surface area contributed by atoms with Crippen molar-refractivity contribution in [3.05, 3.63) is 47.7 Å². The SMILES string of the molecule is CSc1ccccc1Oc1ncc(CN)cc1C. The third-order valence-electron chi connectivity index (χ3n) is 2.60. The summed E-state index contributed by atoms with van der Waals surface area (Å²) in [6, 6.07) is 9.94. The molecular weight excluding hydrogens is 244 g/mol. The van der Waals surface area contributed by atoms with Gasteiger partial charge in [-0.15, -0.1) is 11.8 Å². The molecule has 1 aromatic carbocycles. The molecule has 0 saturated carbocycles. The molecule has 2 aromatic rings. The highest BCUT2D eigenvalue weighted by Crippen LogP contribution is 2.31. The molecule has 0 atom stereocenters. The largest absolute Gasteiger partial charge is 0.438 e. The van der Waals surface area contributed by atoms with E-state index in [9.17, 15) is 0 Å². The van der Waals surface area contributed by atoms with E-state index in [4.69, 9.17) is 10.5 Å².